The topological polar surface area (TPSA) is 68.3 Å². The van der Waals surface area contributed by atoms with Crippen molar-refractivity contribution >= 4 is 17.6 Å². The number of amides is 1. The van der Waals surface area contributed by atoms with Crippen molar-refractivity contribution in [2.45, 2.75) is 6.42 Å². The number of aromatic nitrogens is 1. The Morgan fingerprint density at radius 1 is 0.962 bits per heavy atom. The molecule has 0 saturated heterocycles. The predicted molar refractivity (Wildman–Crippen MR) is 99.2 cm³/mol. The Kier molecular flexibility index (Phi) is 5.39. The number of benzene rings is 2. The van der Waals surface area contributed by atoms with E-state index < -0.39 is 5.97 Å². The van der Waals surface area contributed by atoms with Crippen LogP contribution < -0.4 is 5.32 Å². The summed E-state index contributed by atoms with van der Waals surface area (Å²) in [6.07, 6.45) is 2.26. The van der Waals surface area contributed by atoms with E-state index in [0.29, 0.717) is 11.3 Å². The number of anilines is 1. The quantitative estimate of drug-likeness (QED) is 0.715. The number of rotatable bonds is 5. The summed E-state index contributed by atoms with van der Waals surface area (Å²) < 4.78 is 4.63. The molecule has 5 heteroatoms. The lowest BCUT2D eigenvalue weighted by Gasteiger charge is -2.07. The lowest BCUT2D eigenvalue weighted by atomic mass is 10.0. The van der Waals surface area contributed by atoms with E-state index in [4.69, 9.17) is 0 Å². The highest BCUT2D eigenvalue weighted by Crippen LogP contribution is 2.14. The lowest BCUT2D eigenvalue weighted by Crippen LogP contribution is -2.13. The number of hydrogen-bond donors (Lipinski definition) is 1. The number of carbonyl (C=O) groups excluding carboxylic acids is 2. The molecule has 0 unspecified atom stereocenters. The average molecular weight is 346 g/mol. The minimum absolute atomic E-state index is 0.142. The van der Waals surface area contributed by atoms with E-state index in [-0.39, 0.29) is 11.6 Å². The predicted octanol–water partition coefficient (Wildman–Crippen LogP) is 3.71. The smallest absolute Gasteiger partial charge is 0.356 e. The largest absolute Gasteiger partial charge is 0.464 e. The molecule has 1 heterocycles. The SMILES string of the molecule is COC(=O)c1cc(NC(=O)c2ccc(Cc3ccccc3)cc2)ccn1. The molecule has 1 aromatic heterocycles. The number of pyridine rings is 1. The molecule has 0 aliphatic carbocycles. The Bertz CT molecular complexity index is 906. The molecule has 0 radical (unpaired) electrons. The Labute approximate surface area is 151 Å². The fourth-order valence-corrected chi connectivity index (χ4v) is 2.53. The molecular formula is C21H18N2O3. The molecule has 0 fully saturated rings. The van der Waals surface area contributed by atoms with Gasteiger partial charge >= 0.3 is 5.97 Å². The number of hydrogen-bond acceptors (Lipinski definition) is 4. The summed E-state index contributed by atoms with van der Waals surface area (Å²) >= 11 is 0. The molecule has 0 aliphatic heterocycles. The first-order chi connectivity index (χ1) is 12.7. The van der Waals surface area contributed by atoms with E-state index in [0.717, 1.165) is 12.0 Å². The maximum Gasteiger partial charge on any atom is 0.356 e. The molecule has 3 rings (SSSR count). The summed E-state index contributed by atoms with van der Waals surface area (Å²) in [7, 11) is 1.28. The van der Waals surface area contributed by atoms with Gasteiger partial charge in [0.15, 0.2) is 0 Å². The van der Waals surface area contributed by atoms with Crippen molar-refractivity contribution in [3.05, 3.63) is 95.3 Å². The van der Waals surface area contributed by atoms with E-state index in [1.54, 1.807) is 18.2 Å². The second-order valence-corrected chi connectivity index (χ2v) is 5.73. The van der Waals surface area contributed by atoms with Crippen LogP contribution in [0.5, 0.6) is 0 Å². The van der Waals surface area contributed by atoms with E-state index in [9.17, 15) is 9.59 Å². The molecule has 0 aliphatic rings. The summed E-state index contributed by atoms with van der Waals surface area (Å²) in [5, 5.41) is 2.76. The molecule has 0 atom stereocenters. The third kappa shape index (κ3) is 4.33. The molecule has 1 amide bonds. The van der Waals surface area contributed by atoms with Gasteiger partial charge in [-0.1, -0.05) is 42.5 Å². The first-order valence-electron chi connectivity index (χ1n) is 8.14. The van der Waals surface area contributed by atoms with Gasteiger partial charge in [-0.3, -0.25) is 4.79 Å². The van der Waals surface area contributed by atoms with E-state index in [1.807, 2.05) is 30.3 Å². The first-order valence-corrected chi connectivity index (χ1v) is 8.14. The van der Waals surface area contributed by atoms with Crippen LogP contribution in [0.3, 0.4) is 0 Å². The molecule has 0 spiro atoms. The number of nitrogens with one attached hydrogen (secondary N) is 1. The molecule has 3 aromatic rings. The van der Waals surface area contributed by atoms with E-state index in [1.165, 1.54) is 24.9 Å². The highest BCUT2D eigenvalue weighted by Gasteiger charge is 2.10. The number of methoxy groups -OCH3 is 1. The van der Waals surface area contributed by atoms with Crippen molar-refractivity contribution in [1.82, 2.24) is 4.98 Å². The van der Waals surface area contributed by atoms with Crippen LogP contribution in [0.15, 0.2) is 72.9 Å². The number of nitrogens with zero attached hydrogens (tertiary/aromatic N) is 1. The molecular weight excluding hydrogens is 328 g/mol. The zero-order chi connectivity index (χ0) is 18.4. The molecule has 2 aromatic carbocycles. The van der Waals surface area contributed by atoms with E-state index in [2.05, 4.69) is 27.2 Å². The van der Waals surface area contributed by atoms with Crippen LogP contribution in [0, 0.1) is 0 Å². The standard InChI is InChI=1S/C21H18N2O3/c1-26-21(25)19-14-18(11-12-22-19)23-20(24)17-9-7-16(8-10-17)13-15-5-3-2-4-6-15/h2-12,14H,13H2,1H3,(H,22,23,24). The van der Waals surface area contributed by atoms with Gasteiger partial charge in [-0.25, -0.2) is 9.78 Å². The zero-order valence-electron chi connectivity index (χ0n) is 14.3. The number of esters is 1. The average Bonchev–Trinajstić information content (AvgIpc) is 2.69. The molecule has 0 bridgehead atoms. The molecule has 1 N–H and O–H groups in total. The fraction of sp³-hybridized carbons (Fsp3) is 0.0952. The van der Waals surface area contributed by atoms with Gasteiger partial charge in [0.1, 0.15) is 5.69 Å². The van der Waals surface area contributed by atoms with E-state index >= 15 is 0 Å². The van der Waals surface area contributed by atoms with Gasteiger partial charge in [0.25, 0.3) is 5.91 Å². The normalized spacial score (nSPS) is 10.2. The van der Waals surface area contributed by atoms with Crippen molar-refractivity contribution in [2.75, 3.05) is 12.4 Å². The maximum absolute atomic E-state index is 12.4. The maximum atomic E-state index is 12.4. The van der Waals surface area contributed by atoms with Gasteiger partial charge in [0.2, 0.25) is 0 Å². The summed E-state index contributed by atoms with van der Waals surface area (Å²) in [5.41, 5.74) is 3.52. The van der Waals surface area contributed by atoms with Crippen molar-refractivity contribution < 1.29 is 14.3 Å². The Balaban J connectivity index is 1.68. The van der Waals surface area contributed by atoms with Crippen LogP contribution in [0.25, 0.3) is 0 Å². The van der Waals surface area contributed by atoms with Gasteiger partial charge in [0, 0.05) is 17.4 Å². The number of ether oxygens (including phenoxy) is 1. The van der Waals surface area contributed by atoms with Crippen molar-refractivity contribution in [3.63, 3.8) is 0 Å². The Hall–Kier alpha value is -3.47. The molecule has 130 valence electrons. The third-order valence-electron chi connectivity index (χ3n) is 3.88. The molecule has 5 nitrogen and oxygen atoms in total. The number of carbonyl (C=O) groups is 2. The second kappa shape index (κ2) is 8.07. The second-order valence-electron chi connectivity index (χ2n) is 5.73. The van der Waals surface area contributed by atoms with Gasteiger partial charge < -0.3 is 10.1 Å². The Morgan fingerprint density at radius 3 is 2.35 bits per heavy atom. The van der Waals surface area contributed by atoms with Gasteiger partial charge in [0.05, 0.1) is 7.11 Å². The first kappa shape index (κ1) is 17.4. The van der Waals surface area contributed by atoms with Crippen molar-refractivity contribution in [2.24, 2.45) is 0 Å². The van der Waals surface area contributed by atoms with Crippen molar-refractivity contribution in [1.29, 1.82) is 0 Å². The van der Waals surface area contributed by atoms with Crippen LogP contribution in [-0.4, -0.2) is 24.0 Å². The highest BCUT2D eigenvalue weighted by molar-refractivity contribution is 6.04. The third-order valence-corrected chi connectivity index (χ3v) is 3.88. The molecule has 0 saturated carbocycles. The van der Waals surface area contributed by atoms with Crippen LogP contribution in [0.1, 0.15) is 32.0 Å². The minimum atomic E-state index is -0.550. The fourth-order valence-electron chi connectivity index (χ4n) is 2.53. The van der Waals surface area contributed by atoms with Crippen LogP contribution in [0.2, 0.25) is 0 Å². The summed E-state index contributed by atoms with van der Waals surface area (Å²) in [5.74, 6) is -0.801. The van der Waals surface area contributed by atoms with Gasteiger partial charge in [-0.15, -0.1) is 0 Å². The van der Waals surface area contributed by atoms with Crippen LogP contribution in [-0.2, 0) is 11.2 Å². The Morgan fingerprint density at radius 2 is 1.65 bits per heavy atom. The van der Waals surface area contributed by atoms with Gasteiger partial charge in [-0.2, -0.15) is 0 Å². The van der Waals surface area contributed by atoms with Crippen LogP contribution >= 0.6 is 0 Å². The van der Waals surface area contributed by atoms with Crippen LogP contribution in [0.4, 0.5) is 5.69 Å². The lowest BCUT2D eigenvalue weighted by molar-refractivity contribution is 0.0594. The monoisotopic (exact) mass is 346 g/mol. The zero-order valence-corrected chi connectivity index (χ0v) is 14.3. The summed E-state index contributed by atoms with van der Waals surface area (Å²) in [6, 6.07) is 20.7. The van der Waals surface area contributed by atoms with Gasteiger partial charge in [-0.05, 0) is 41.8 Å². The van der Waals surface area contributed by atoms with Crippen molar-refractivity contribution in [3.8, 4) is 0 Å². The molecule has 26 heavy (non-hydrogen) atoms. The minimum Gasteiger partial charge on any atom is -0.464 e. The summed E-state index contributed by atoms with van der Waals surface area (Å²) in [4.78, 5) is 27.8. The summed E-state index contributed by atoms with van der Waals surface area (Å²) in [6.45, 7) is 0. The highest BCUT2D eigenvalue weighted by atomic mass is 16.5.